The maximum absolute atomic E-state index is 12.2. The first-order valence-electron chi connectivity index (χ1n) is 8.06. The van der Waals surface area contributed by atoms with Crippen LogP contribution in [0, 0.1) is 6.92 Å². The van der Waals surface area contributed by atoms with Gasteiger partial charge in [0.05, 0.1) is 11.6 Å². The smallest absolute Gasteiger partial charge is 0.238 e. The first kappa shape index (κ1) is 16.7. The van der Waals surface area contributed by atoms with Crippen molar-refractivity contribution in [3.8, 4) is 0 Å². The molecule has 6 heteroatoms. The van der Waals surface area contributed by atoms with Crippen LogP contribution in [0.3, 0.4) is 0 Å². The molecule has 0 saturated carbocycles. The predicted molar refractivity (Wildman–Crippen MR) is 97.7 cm³/mol. The fourth-order valence-electron chi connectivity index (χ4n) is 2.85. The second-order valence-electron chi connectivity index (χ2n) is 5.99. The number of pyridine rings is 1. The van der Waals surface area contributed by atoms with E-state index < -0.39 is 0 Å². The highest BCUT2D eigenvalue weighted by Crippen LogP contribution is 2.23. The number of halogens is 1. The fraction of sp³-hybridized carbons (Fsp3) is 0.333. The fourth-order valence-corrected chi connectivity index (χ4v) is 3.10. The molecular weight excluding hydrogens is 324 g/mol. The Hall–Kier alpha value is -2.11. The number of carbonyl (C=O) groups is 1. The molecule has 0 radical (unpaired) electrons. The van der Waals surface area contributed by atoms with Gasteiger partial charge in [-0.1, -0.05) is 23.7 Å². The van der Waals surface area contributed by atoms with Gasteiger partial charge in [0.25, 0.3) is 0 Å². The number of piperazine rings is 1. The lowest BCUT2D eigenvalue weighted by Gasteiger charge is -2.35. The molecule has 0 atom stereocenters. The van der Waals surface area contributed by atoms with Gasteiger partial charge in [-0.05, 0) is 36.8 Å². The normalized spacial score (nSPS) is 15.3. The third-order valence-corrected chi connectivity index (χ3v) is 4.37. The average molecular weight is 345 g/mol. The van der Waals surface area contributed by atoms with Crippen LogP contribution in [0.2, 0.25) is 5.02 Å². The van der Waals surface area contributed by atoms with E-state index in [4.69, 9.17) is 11.6 Å². The molecule has 2 aromatic rings. The van der Waals surface area contributed by atoms with Gasteiger partial charge in [-0.25, -0.2) is 4.98 Å². The van der Waals surface area contributed by atoms with Crippen molar-refractivity contribution in [1.29, 1.82) is 0 Å². The maximum atomic E-state index is 12.2. The van der Waals surface area contributed by atoms with Crippen molar-refractivity contribution in [2.75, 3.05) is 42.9 Å². The van der Waals surface area contributed by atoms with Crippen LogP contribution in [0.5, 0.6) is 0 Å². The minimum absolute atomic E-state index is 0.0184. The maximum Gasteiger partial charge on any atom is 0.238 e. The lowest BCUT2D eigenvalue weighted by molar-refractivity contribution is -0.117. The molecule has 1 fully saturated rings. The molecule has 1 N–H and O–H groups in total. The molecule has 0 bridgehead atoms. The van der Waals surface area contributed by atoms with Crippen molar-refractivity contribution in [1.82, 2.24) is 9.88 Å². The summed E-state index contributed by atoms with van der Waals surface area (Å²) in [7, 11) is 0. The highest BCUT2D eigenvalue weighted by atomic mass is 35.5. The molecule has 1 aromatic carbocycles. The van der Waals surface area contributed by atoms with E-state index in [1.165, 1.54) is 0 Å². The number of anilines is 2. The first-order valence-corrected chi connectivity index (χ1v) is 8.44. The predicted octanol–water partition coefficient (Wildman–Crippen LogP) is 2.80. The van der Waals surface area contributed by atoms with Crippen molar-refractivity contribution in [3.63, 3.8) is 0 Å². The zero-order chi connectivity index (χ0) is 16.9. The summed E-state index contributed by atoms with van der Waals surface area (Å²) in [5.74, 6) is 0.841. The summed E-state index contributed by atoms with van der Waals surface area (Å²) in [6, 6.07) is 11.5. The number of hydrogen-bond acceptors (Lipinski definition) is 4. The largest absolute Gasteiger partial charge is 0.353 e. The molecule has 1 amide bonds. The number of amides is 1. The lowest BCUT2D eigenvalue weighted by Crippen LogP contribution is -2.49. The molecule has 24 heavy (non-hydrogen) atoms. The number of rotatable bonds is 4. The summed E-state index contributed by atoms with van der Waals surface area (Å²) >= 11 is 6.20. The van der Waals surface area contributed by atoms with Gasteiger partial charge in [-0.15, -0.1) is 0 Å². The summed E-state index contributed by atoms with van der Waals surface area (Å²) in [4.78, 5) is 20.9. The third-order valence-electron chi connectivity index (χ3n) is 4.08. The minimum Gasteiger partial charge on any atom is -0.353 e. The standard InChI is InChI=1S/C18H21ClN4O/c1-14-4-2-5-15(12-14)21-17(24)13-22-8-10-23(11-9-22)18-16(19)6-3-7-20-18/h2-7,12H,8-11,13H2,1H3,(H,21,24). The second-order valence-corrected chi connectivity index (χ2v) is 6.40. The molecule has 126 valence electrons. The summed E-state index contributed by atoms with van der Waals surface area (Å²) in [5, 5.41) is 3.62. The number of aromatic nitrogens is 1. The lowest BCUT2D eigenvalue weighted by atomic mass is 10.2. The van der Waals surface area contributed by atoms with Crippen LogP contribution in [0.15, 0.2) is 42.6 Å². The molecule has 1 saturated heterocycles. The molecule has 2 heterocycles. The zero-order valence-corrected chi connectivity index (χ0v) is 14.5. The van der Waals surface area contributed by atoms with E-state index in [1.54, 1.807) is 6.20 Å². The Labute approximate surface area is 147 Å². The summed E-state index contributed by atoms with van der Waals surface area (Å²) in [6.45, 7) is 5.67. The van der Waals surface area contributed by atoms with Crippen molar-refractivity contribution in [3.05, 3.63) is 53.2 Å². The highest BCUT2D eigenvalue weighted by Gasteiger charge is 2.21. The summed E-state index contributed by atoms with van der Waals surface area (Å²) in [5.41, 5.74) is 1.98. The second kappa shape index (κ2) is 7.64. The van der Waals surface area contributed by atoms with E-state index in [0.717, 1.165) is 43.2 Å². The molecule has 0 unspecified atom stereocenters. The summed E-state index contributed by atoms with van der Waals surface area (Å²) < 4.78 is 0. The van der Waals surface area contributed by atoms with Crippen LogP contribution < -0.4 is 10.2 Å². The van der Waals surface area contributed by atoms with E-state index in [1.807, 2.05) is 43.3 Å². The molecular formula is C18H21ClN4O. The van der Waals surface area contributed by atoms with Gasteiger partial charge >= 0.3 is 0 Å². The topological polar surface area (TPSA) is 48.5 Å². The van der Waals surface area contributed by atoms with Crippen LogP contribution >= 0.6 is 11.6 Å². The van der Waals surface area contributed by atoms with Crippen molar-refractivity contribution >= 4 is 29.0 Å². The van der Waals surface area contributed by atoms with Gasteiger partial charge in [0, 0.05) is 38.1 Å². The number of carbonyl (C=O) groups excluding carboxylic acids is 1. The molecule has 0 aliphatic carbocycles. The SMILES string of the molecule is Cc1cccc(NC(=O)CN2CCN(c3ncccc3Cl)CC2)c1. The Morgan fingerprint density at radius 1 is 1.21 bits per heavy atom. The van der Waals surface area contributed by atoms with Crippen LogP contribution in [0.25, 0.3) is 0 Å². The number of hydrogen-bond donors (Lipinski definition) is 1. The van der Waals surface area contributed by atoms with Gasteiger partial charge in [0.15, 0.2) is 0 Å². The number of benzene rings is 1. The zero-order valence-electron chi connectivity index (χ0n) is 13.7. The van der Waals surface area contributed by atoms with Gasteiger partial charge in [-0.3, -0.25) is 9.69 Å². The van der Waals surface area contributed by atoms with Crippen LogP contribution in [-0.4, -0.2) is 48.5 Å². The Morgan fingerprint density at radius 2 is 2.00 bits per heavy atom. The number of nitrogens with one attached hydrogen (secondary N) is 1. The highest BCUT2D eigenvalue weighted by molar-refractivity contribution is 6.32. The molecule has 1 aliphatic rings. The Bertz CT molecular complexity index is 714. The van der Waals surface area contributed by atoms with Gasteiger partial charge in [0.2, 0.25) is 5.91 Å². The molecule has 1 aromatic heterocycles. The summed E-state index contributed by atoms with van der Waals surface area (Å²) in [6.07, 6.45) is 1.75. The molecule has 1 aliphatic heterocycles. The molecule has 0 spiro atoms. The van der Waals surface area contributed by atoms with Gasteiger partial charge in [-0.2, -0.15) is 0 Å². The van der Waals surface area contributed by atoms with Gasteiger partial charge < -0.3 is 10.2 Å². The van der Waals surface area contributed by atoms with E-state index >= 15 is 0 Å². The molecule has 3 rings (SSSR count). The number of aryl methyl sites for hydroxylation is 1. The van der Waals surface area contributed by atoms with E-state index in [9.17, 15) is 4.79 Å². The Kier molecular flexibility index (Phi) is 5.33. The van der Waals surface area contributed by atoms with Crippen molar-refractivity contribution < 1.29 is 4.79 Å². The minimum atomic E-state index is 0.0184. The Balaban J connectivity index is 1.50. The first-order chi connectivity index (χ1) is 11.6. The van der Waals surface area contributed by atoms with E-state index in [-0.39, 0.29) is 5.91 Å². The van der Waals surface area contributed by atoms with Crippen molar-refractivity contribution in [2.24, 2.45) is 0 Å². The average Bonchev–Trinajstić information content (AvgIpc) is 2.56. The molecule has 5 nitrogen and oxygen atoms in total. The Morgan fingerprint density at radius 3 is 2.71 bits per heavy atom. The van der Waals surface area contributed by atoms with Crippen molar-refractivity contribution in [2.45, 2.75) is 6.92 Å². The monoisotopic (exact) mass is 344 g/mol. The van der Waals surface area contributed by atoms with Crippen LogP contribution in [0.1, 0.15) is 5.56 Å². The van der Waals surface area contributed by atoms with E-state index in [2.05, 4.69) is 20.1 Å². The van der Waals surface area contributed by atoms with Gasteiger partial charge in [0.1, 0.15) is 5.82 Å². The third kappa shape index (κ3) is 4.24. The quantitative estimate of drug-likeness (QED) is 0.926. The number of nitrogens with zero attached hydrogens (tertiary/aromatic N) is 3. The van der Waals surface area contributed by atoms with Crippen LogP contribution in [-0.2, 0) is 4.79 Å². The van der Waals surface area contributed by atoms with E-state index in [0.29, 0.717) is 11.6 Å². The van der Waals surface area contributed by atoms with Crippen LogP contribution in [0.4, 0.5) is 11.5 Å².